The molecule has 2 amide bonds. The molecule has 0 fully saturated rings. The zero-order valence-corrected chi connectivity index (χ0v) is 12.3. The third kappa shape index (κ3) is 3.79. The first-order valence-corrected chi connectivity index (χ1v) is 6.75. The van der Waals surface area contributed by atoms with Crippen LogP contribution in [0.4, 0.5) is 4.79 Å². The summed E-state index contributed by atoms with van der Waals surface area (Å²) in [4.78, 5) is 13.6. The van der Waals surface area contributed by atoms with Crippen molar-refractivity contribution in [3.8, 4) is 0 Å². The van der Waals surface area contributed by atoms with Crippen molar-refractivity contribution in [3.63, 3.8) is 0 Å². The van der Waals surface area contributed by atoms with Gasteiger partial charge in [0.25, 0.3) is 0 Å². The number of halogens is 2. The summed E-state index contributed by atoms with van der Waals surface area (Å²) in [6, 6.07) is 5.04. The van der Waals surface area contributed by atoms with Crippen LogP contribution >= 0.6 is 23.2 Å². The Kier molecular flexibility index (Phi) is 5.76. The Morgan fingerprint density at radius 3 is 2.44 bits per heavy atom. The zero-order valence-electron chi connectivity index (χ0n) is 10.8. The normalized spacial score (nSPS) is 12.1. The third-order valence-electron chi connectivity index (χ3n) is 2.82. The van der Waals surface area contributed by atoms with E-state index < -0.39 is 0 Å². The molecule has 1 rings (SSSR count). The molecule has 1 atom stereocenters. The topological polar surface area (TPSA) is 32.3 Å². The molecule has 0 saturated heterocycles. The Hall–Kier alpha value is -0.930. The Morgan fingerprint density at radius 2 is 1.94 bits per heavy atom. The zero-order chi connectivity index (χ0) is 13.7. The van der Waals surface area contributed by atoms with Crippen molar-refractivity contribution < 1.29 is 4.79 Å². The number of carbonyl (C=O) groups excluding carboxylic acids is 1. The van der Waals surface area contributed by atoms with Crippen LogP contribution in [-0.4, -0.2) is 24.0 Å². The SMILES string of the molecule is CCN(CC)C(=O)NC(C)c1ccc(Cl)cc1Cl. The summed E-state index contributed by atoms with van der Waals surface area (Å²) in [7, 11) is 0. The van der Waals surface area contributed by atoms with Crippen molar-refractivity contribution in [2.75, 3.05) is 13.1 Å². The highest BCUT2D eigenvalue weighted by Gasteiger charge is 2.15. The minimum Gasteiger partial charge on any atom is -0.331 e. The monoisotopic (exact) mass is 288 g/mol. The number of hydrogen-bond donors (Lipinski definition) is 1. The van der Waals surface area contributed by atoms with Crippen molar-refractivity contribution >= 4 is 29.2 Å². The first kappa shape index (κ1) is 15.1. The molecule has 0 aliphatic rings. The predicted molar refractivity (Wildman–Crippen MR) is 76.3 cm³/mol. The summed E-state index contributed by atoms with van der Waals surface area (Å²) >= 11 is 11.9. The average Bonchev–Trinajstić information content (AvgIpc) is 2.30. The standard InChI is InChI=1S/C13H18Cl2N2O/c1-4-17(5-2)13(18)16-9(3)11-7-6-10(14)8-12(11)15/h6-9H,4-5H2,1-3H3,(H,16,18). The van der Waals surface area contributed by atoms with Crippen molar-refractivity contribution in [3.05, 3.63) is 33.8 Å². The number of urea groups is 1. The van der Waals surface area contributed by atoms with Gasteiger partial charge in [-0.3, -0.25) is 0 Å². The molecule has 3 nitrogen and oxygen atoms in total. The summed E-state index contributed by atoms with van der Waals surface area (Å²) in [6.07, 6.45) is 0. The quantitative estimate of drug-likeness (QED) is 0.889. The van der Waals surface area contributed by atoms with E-state index in [4.69, 9.17) is 23.2 Å². The van der Waals surface area contributed by atoms with Crippen LogP contribution in [0.2, 0.25) is 10.0 Å². The maximum atomic E-state index is 11.9. The van der Waals surface area contributed by atoms with Gasteiger partial charge in [-0.2, -0.15) is 0 Å². The molecule has 5 heteroatoms. The second kappa shape index (κ2) is 6.86. The molecule has 1 unspecified atom stereocenters. The van der Waals surface area contributed by atoms with Crippen LogP contribution in [0, 0.1) is 0 Å². The van der Waals surface area contributed by atoms with E-state index in [9.17, 15) is 4.79 Å². The molecule has 0 aromatic heterocycles. The number of amides is 2. The van der Waals surface area contributed by atoms with E-state index in [0.717, 1.165) is 5.56 Å². The summed E-state index contributed by atoms with van der Waals surface area (Å²) in [5, 5.41) is 4.07. The third-order valence-corrected chi connectivity index (χ3v) is 3.38. The highest BCUT2D eigenvalue weighted by molar-refractivity contribution is 6.35. The van der Waals surface area contributed by atoms with Crippen molar-refractivity contribution in [1.29, 1.82) is 0 Å². The lowest BCUT2D eigenvalue weighted by atomic mass is 10.1. The van der Waals surface area contributed by atoms with E-state index in [2.05, 4.69) is 5.32 Å². The molecule has 100 valence electrons. The summed E-state index contributed by atoms with van der Waals surface area (Å²) in [5.74, 6) is 0. The van der Waals surface area contributed by atoms with Gasteiger partial charge in [0.2, 0.25) is 0 Å². The molecular weight excluding hydrogens is 271 g/mol. The first-order valence-electron chi connectivity index (χ1n) is 6.00. The van der Waals surface area contributed by atoms with Gasteiger partial charge in [-0.05, 0) is 38.5 Å². The smallest absolute Gasteiger partial charge is 0.317 e. The maximum Gasteiger partial charge on any atom is 0.317 e. The van der Waals surface area contributed by atoms with Crippen molar-refractivity contribution in [1.82, 2.24) is 10.2 Å². The van der Waals surface area contributed by atoms with Gasteiger partial charge in [-0.1, -0.05) is 29.3 Å². The Morgan fingerprint density at radius 1 is 1.33 bits per heavy atom. The molecule has 18 heavy (non-hydrogen) atoms. The van der Waals surface area contributed by atoms with Gasteiger partial charge in [-0.15, -0.1) is 0 Å². The second-order valence-corrected chi connectivity index (χ2v) is 4.85. The average molecular weight is 289 g/mol. The van der Waals surface area contributed by atoms with Crippen LogP contribution in [0.5, 0.6) is 0 Å². The van der Waals surface area contributed by atoms with Crippen molar-refractivity contribution in [2.45, 2.75) is 26.8 Å². The molecule has 1 N–H and O–H groups in total. The highest BCUT2D eigenvalue weighted by atomic mass is 35.5. The van der Waals surface area contributed by atoms with Gasteiger partial charge >= 0.3 is 6.03 Å². The molecule has 1 aromatic carbocycles. The number of nitrogens with one attached hydrogen (secondary N) is 1. The van der Waals surface area contributed by atoms with Gasteiger partial charge < -0.3 is 10.2 Å². The molecule has 0 aliphatic heterocycles. The Balaban J connectivity index is 2.76. The molecule has 0 spiro atoms. The van der Waals surface area contributed by atoms with Crippen molar-refractivity contribution in [2.24, 2.45) is 0 Å². The van der Waals surface area contributed by atoms with Gasteiger partial charge in [-0.25, -0.2) is 4.79 Å². The number of benzene rings is 1. The lowest BCUT2D eigenvalue weighted by Crippen LogP contribution is -2.40. The number of nitrogens with zero attached hydrogens (tertiary/aromatic N) is 1. The van der Waals surface area contributed by atoms with Gasteiger partial charge in [0, 0.05) is 23.1 Å². The van der Waals surface area contributed by atoms with Gasteiger partial charge in [0.15, 0.2) is 0 Å². The van der Waals surface area contributed by atoms with E-state index in [1.165, 1.54) is 0 Å². The molecule has 0 aliphatic carbocycles. The summed E-state index contributed by atoms with van der Waals surface area (Å²) in [5.41, 5.74) is 0.863. The van der Waals surface area contributed by atoms with E-state index >= 15 is 0 Å². The second-order valence-electron chi connectivity index (χ2n) is 4.01. The highest BCUT2D eigenvalue weighted by Crippen LogP contribution is 2.26. The van der Waals surface area contributed by atoms with Gasteiger partial charge in [0.05, 0.1) is 6.04 Å². The summed E-state index contributed by atoms with van der Waals surface area (Å²) in [6.45, 7) is 7.16. The largest absolute Gasteiger partial charge is 0.331 e. The van der Waals surface area contributed by atoms with E-state index in [1.54, 1.807) is 17.0 Å². The minimum atomic E-state index is -0.150. The molecule has 0 bridgehead atoms. The fourth-order valence-corrected chi connectivity index (χ4v) is 2.29. The summed E-state index contributed by atoms with van der Waals surface area (Å²) < 4.78 is 0. The van der Waals surface area contributed by atoms with E-state index in [0.29, 0.717) is 23.1 Å². The predicted octanol–water partition coefficient (Wildman–Crippen LogP) is 4.11. The molecular formula is C13H18Cl2N2O. The minimum absolute atomic E-state index is 0.0847. The van der Waals surface area contributed by atoms with Crippen LogP contribution in [0.15, 0.2) is 18.2 Å². The number of hydrogen-bond acceptors (Lipinski definition) is 1. The number of rotatable bonds is 4. The van der Waals surface area contributed by atoms with Crippen LogP contribution in [0.3, 0.4) is 0 Å². The van der Waals surface area contributed by atoms with Crippen LogP contribution in [-0.2, 0) is 0 Å². The lowest BCUT2D eigenvalue weighted by molar-refractivity contribution is 0.200. The Labute approximate surface area is 118 Å². The lowest BCUT2D eigenvalue weighted by Gasteiger charge is -2.23. The molecule has 0 heterocycles. The van der Waals surface area contributed by atoms with Crippen LogP contribution in [0.1, 0.15) is 32.4 Å². The van der Waals surface area contributed by atoms with E-state index in [-0.39, 0.29) is 12.1 Å². The van der Waals surface area contributed by atoms with Gasteiger partial charge in [0.1, 0.15) is 0 Å². The Bertz CT molecular complexity index is 419. The van der Waals surface area contributed by atoms with Crippen LogP contribution < -0.4 is 5.32 Å². The van der Waals surface area contributed by atoms with Crippen LogP contribution in [0.25, 0.3) is 0 Å². The number of carbonyl (C=O) groups is 1. The fraction of sp³-hybridized carbons (Fsp3) is 0.462. The fourth-order valence-electron chi connectivity index (χ4n) is 1.72. The molecule has 0 saturated carbocycles. The first-order chi connectivity index (χ1) is 8.49. The molecule has 1 aromatic rings. The molecule has 0 radical (unpaired) electrons. The maximum absolute atomic E-state index is 11.9. The van der Waals surface area contributed by atoms with E-state index in [1.807, 2.05) is 26.8 Å².